The maximum absolute atomic E-state index is 5.55. The van der Waals surface area contributed by atoms with E-state index in [2.05, 4.69) is 57.9 Å². The van der Waals surface area contributed by atoms with Crippen LogP contribution in [-0.2, 0) is 12.8 Å². The Bertz CT molecular complexity index is 546. The number of nitrogens with two attached hydrogens (primary N) is 1. The molecule has 0 radical (unpaired) electrons. The minimum absolute atomic E-state index is 0.629. The molecule has 0 aliphatic rings. The summed E-state index contributed by atoms with van der Waals surface area (Å²) in [5.74, 6) is 0.986. The smallest absolute Gasteiger partial charge is 0.107 e. The van der Waals surface area contributed by atoms with E-state index >= 15 is 0 Å². The lowest BCUT2D eigenvalue weighted by Gasteiger charge is -2.05. The topological polar surface area (TPSA) is 54.7 Å². The number of hydrogen-bond acceptors (Lipinski definition) is 2. The highest BCUT2D eigenvalue weighted by molar-refractivity contribution is 9.10. The van der Waals surface area contributed by atoms with Crippen LogP contribution in [0.3, 0.4) is 0 Å². The Morgan fingerprint density at radius 3 is 2.78 bits per heavy atom. The summed E-state index contributed by atoms with van der Waals surface area (Å²) in [6.07, 6.45) is 1.67. The van der Waals surface area contributed by atoms with Gasteiger partial charge >= 0.3 is 0 Å². The van der Waals surface area contributed by atoms with Gasteiger partial charge in [0.15, 0.2) is 0 Å². The first-order chi connectivity index (χ1) is 8.60. The molecule has 3 N–H and O–H groups in total. The van der Waals surface area contributed by atoms with E-state index in [1.807, 2.05) is 0 Å². The summed E-state index contributed by atoms with van der Waals surface area (Å²) in [5, 5.41) is 0. The molecule has 0 atom stereocenters. The maximum Gasteiger partial charge on any atom is 0.107 e. The van der Waals surface area contributed by atoms with Crippen LogP contribution in [0.25, 0.3) is 0 Å². The molecule has 1 heterocycles. The molecule has 0 aliphatic heterocycles. The fourth-order valence-electron chi connectivity index (χ4n) is 2.03. The zero-order chi connectivity index (χ0) is 13.1. The predicted octanol–water partition coefficient (Wildman–Crippen LogP) is 2.88. The van der Waals surface area contributed by atoms with Gasteiger partial charge in [0.2, 0.25) is 0 Å². The van der Waals surface area contributed by atoms with Crippen LogP contribution in [0.5, 0.6) is 0 Å². The maximum atomic E-state index is 5.55. The number of rotatable bonds is 4. The largest absolute Gasteiger partial charge is 0.346 e. The van der Waals surface area contributed by atoms with Crippen molar-refractivity contribution in [1.82, 2.24) is 9.97 Å². The zero-order valence-corrected chi connectivity index (χ0v) is 12.3. The van der Waals surface area contributed by atoms with E-state index in [-0.39, 0.29) is 0 Å². The second-order valence-electron chi connectivity index (χ2n) is 4.54. The molecule has 1 aromatic heterocycles. The molecule has 0 spiro atoms. The third-order valence-corrected chi connectivity index (χ3v) is 3.57. The molecule has 2 aromatic rings. The third kappa shape index (κ3) is 3.00. The van der Waals surface area contributed by atoms with Gasteiger partial charge < -0.3 is 10.7 Å². The second-order valence-corrected chi connectivity index (χ2v) is 5.46. The fraction of sp³-hybridized carbons (Fsp3) is 0.357. The lowest BCUT2D eigenvalue weighted by Crippen LogP contribution is -2.04. The van der Waals surface area contributed by atoms with Crippen LogP contribution in [0.2, 0.25) is 0 Å². The first-order valence-electron chi connectivity index (χ1n) is 6.09. The molecule has 3 nitrogen and oxygen atoms in total. The van der Waals surface area contributed by atoms with Gasteiger partial charge in [0.05, 0.1) is 5.69 Å². The molecule has 0 aliphatic carbocycles. The van der Waals surface area contributed by atoms with E-state index in [1.54, 1.807) is 0 Å². The molecule has 0 unspecified atom stereocenters. The number of H-pyrrole nitrogens is 1. The molecule has 2 rings (SSSR count). The standard InChI is InChI=1S/C14H18BrN3/c1-9-7-12(15)4-3-11(9)8-13-10(2)17-14(18-13)5-6-16/h3-4,7H,5-6,8,16H2,1-2H3,(H,17,18). The van der Waals surface area contributed by atoms with Crippen molar-refractivity contribution in [2.45, 2.75) is 26.7 Å². The fourth-order valence-corrected chi connectivity index (χ4v) is 2.50. The van der Waals surface area contributed by atoms with Crippen molar-refractivity contribution in [3.8, 4) is 0 Å². The average Bonchev–Trinajstić information content (AvgIpc) is 2.64. The second kappa shape index (κ2) is 5.67. The summed E-state index contributed by atoms with van der Waals surface area (Å²) in [6, 6.07) is 6.36. The van der Waals surface area contributed by atoms with Gasteiger partial charge in [-0.3, -0.25) is 0 Å². The molecule has 4 heteroatoms. The monoisotopic (exact) mass is 307 g/mol. The Morgan fingerprint density at radius 2 is 2.11 bits per heavy atom. The molecular weight excluding hydrogens is 290 g/mol. The summed E-state index contributed by atoms with van der Waals surface area (Å²) in [5.41, 5.74) is 10.4. The number of nitrogens with one attached hydrogen (secondary N) is 1. The van der Waals surface area contributed by atoms with E-state index in [0.717, 1.165) is 34.5 Å². The first-order valence-corrected chi connectivity index (χ1v) is 6.89. The highest BCUT2D eigenvalue weighted by Crippen LogP contribution is 2.19. The van der Waals surface area contributed by atoms with Crippen LogP contribution >= 0.6 is 15.9 Å². The minimum atomic E-state index is 0.629. The lowest BCUT2D eigenvalue weighted by atomic mass is 10.0. The van der Waals surface area contributed by atoms with E-state index < -0.39 is 0 Å². The molecular formula is C14H18BrN3. The van der Waals surface area contributed by atoms with Crippen molar-refractivity contribution >= 4 is 15.9 Å². The number of nitrogens with zero attached hydrogens (tertiary/aromatic N) is 1. The van der Waals surface area contributed by atoms with Crippen molar-refractivity contribution in [1.29, 1.82) is 0 Å². The predicted molar refractivity (Wildman–Crippen MR) is 77.8 cm³/mol. The number of aromatic amines is 1. The highest BCUT2D eigenvalue weighted by Gasteiger charge is 2.08. The van der Waals surface area contributed by atoms with Gasteiger partial charge in [-0.2, -0.15) is 0 Å². The number of benzene rings is 1. The minimum Gasteiger partial charge on any atom is -0.346 e. The van der Waals surface area contributed by atoms with Crippen molar-refractivity contribution in [2.75, 3.05) is 6.54 Å². The van der Waals surface area contributed by atoms with Gasteiger partial charge in [0.25, 0.3) is 0 Å². The molecule has 0 amide bonds. The van der Waals surface area contributed by atoms with Gasteiger partial charge in [-0.25, -0.2) is 4.98 Å². The molecule has 96 valence electrons. The molecule has 0 saturated heterocycles. The summed E-state index contributed by atoms with van der Waals surface area (Å²) < 4.78 is 1.12. The molecule has 1 aromatic carbocycles. The molecule has 18 heavy (non-hydrogen) atoms. The Kier molecular flexibility index (Phi) is 4.19. The van der Waals surface area contributed by atoms with E-state index in [0.29, 0.717) is 6.54 Å². The summed E-state index contributed by atoms with van der Waals surface area (Å²) in [6.45, 7) is 4.82. The third-order valence-electron chi connectivity index (χ3n) is 3.08. The van der Waals surface area contributed by atoms with Crippen molar-refractivity contribution < 1.29 is 0 Å². The summed E-state index contributed by atoms with van der Waals surface area (Å²) >= 11 is 3.49. The first kappa shape index (κ1) is 13.3. The van der Waals surface area contributed by atoms with Crippen LogP contribution in [0, 0.1) is 13.8 Å². The Morgan fingerprint density at radius 1 is 1.33 bits per heavy atom. The van der Waals surface area contributed by atoms with Crippen LogP contribution in [0.15, 0.2) is 22.7 Å². The van der Waals surface area contributed by atoms with E-state index in [4.69, 9.17) is 5.73 Å². The van der Waals surface area contributed by atoms with Crippen LogP contribution in [0.4, 0.5) is 0 Å². The van der Waals surface area contributed by atoms with Crippen LogP contribution in [0.1, 0.15) is 28.3 Å². The number of halogens is 1. The van der Waals surface area contributed by atoms with Crippen molar-refractivity contribution in [3.63, 3.8) is 0 Å². The van der Waals surface area contributed by atoms with E-state index in [9.17, 15) is 0 Å². The van der Waals surface area contributed by atoms with Crippen molar-refractivity contribution in [2.24, 2.45) is 5.73 Å². The number of aromatic nitrogens is 2. The van der Waals surface area contributed by atoms with Gasteiger partial charge in [0.1, 0.15) is 5.82 Å². The Balaban J connectivity index is 2.22. The normalized spacial score (nSPS) is 10.9. The van der Waals surface area contributed by atoms with Crippen LogP contribution < -0.4 is 5.73 Å². The van der Waals surface area contributed by atoms with Gasteiger partial charge in [-0.05, 0) is 43.7 Å². The SMILES string of the molecule is Cc1cc(Br)ccc1Cc1nc(CCN)[nH]c1C. The summed E-state index contributed by atoms with van der Waals surface area (Å²) in [4.78, 5) is 7.91. The molecule has 0 saturated carbocycles. The molecule has 0 bridgehead atoms. The highest BCUT2D eigenvalue weighted by atomic mass is 79.9. The van der Waals surface area contributed by atoms with Gasteiger partial charge in [0, 0.05) is 23.0 Å². The Hall–Kier alpha value is -1.13. The van der Waals surface area contributed by atoms with Gasteiger partial charge in [-0.1, -0.05) is 22.0 Å². The van der Waals surface area contributed by atoms with Gasteiger partial charge in [-0.15, -0.1) is 0 Å². The van der Waals surface area contributed by atoms with E-state index in [1.165, 1.54) is 11.1 Å². The number of aryl methyl sites for hydroxylation is 2. The summed E-state index contributed by atoms with van der Waals surface area (Å²) in [7, 11) is 0. The van der Waals surface area contributed by atoms with Crippen LogP contribution in [-0.4, -0.2) is 16.5 Å². The zero-order valence-electron chi connectivity index (χ0n) is 10.8. The molecule has 0 fully saturated rings. The Labute approximate surface area is 116 Å². The number of hydrogen-bond donors (Lipinski definition) is 2. The van der Waals surface area contributed by atoms with Crippen molar-refractivity contribution in [3.05, 3.63) is 51.0 Å². The average molecular weight is 308 g/mol. The number of imidazole rings is 1. The lowest BCUT2D eigenvalue weighted by molar-refractivity contribution is 0.885. The quantitative estimate of drug-likeness (QED) is 0.912.